The van der Waals surface area contributed by atoms with Crippen LogP contribution in [0.1, 0.15) is 51.9 Å². The molecule has 1 aliphatic carbocycles. The highest BCUT2D eigenvalue weighted by Gasteiger charge is 2.43. The monoisotopic (exact) mass is 264 g/mol. The first-order valence-electron chi connectivity index (χ1n) is 6.30. The Labute approximate surface area is 105 Å². The van der Waals surface area contributed by atoms with Crippen LogP contribution in [0.15, 0.2) is 12.2 Å². The Morgan fingerprint density at radius 1 is 1.33 bits per heavy atom. The Balaban J connectivity index is 2.67. The smallest absolute Gasteiger partial charge is 0.422 e. The van der Waals surface area contributed by atoms with E-state index in [0.717, 1.165) is 25.7 Å². The van der Waals surface area contributed by atoms with Gasteiger partial charge in [0.1, 0.15) is 11.2 Å². The number of unbranched alkanes of at least 4 members (excludes halogenated alkanes) is 1. The first-order chi connectivity index (χ1) is 8.31. The molecule has 0 spiro atoms. The first kappa shape index (κ1) is 15.1. The Morgan fingerprint density at radius 2 is 1.89 bits per heavy atom. The van der Waals surface area contributed by atoms with Gasteiger partial charge in [0.05, 0.1) is 0 Å². The summed E-state index contributed by atoms with van der Waals surface area (Å²) in [5.41, 5.74) is -2.10. The second-order valence-electron chi connectivity index (χ2n) is 4.86. The van der Waals surface area contributed by atoms with Crippen molar-refractivity contribution in [1.29, 1.82) is 0 Å². The maximum atomic E-state index is 12.3. The number of esters is 1. The molecule has 0 unspecified atom stereocenters. The van der Waals surface area contributed by atoms with Crippen molar-refractivity contribution in [1.82, 2.24) is 0 Å². The summed E-state index contributed by atoms with van der Waals surface area (Å²) < 4.78 is 42.2. The van der Waals surface area contributed by atoms with E-state index in [1.165, 1.54) is 0 Å². The van der Waals surface area contributed by atoms with Crippen LogP contribution in [0.4, 0.5) is 13.2 Å². The van der Waals surface area contributed by atoms with Gasteiger partial charge in [-0.05, 0) is 38.5 Å². The van der Waals surface area contributed by atoms with Crippen LogP contribution in [0, 0.1) is 0 Å². The molecule has 104 valence electrons. The molecule has 0 aromatic rings. The Morgan fingerprint density at radius 3 is 2.33 bits per heavy atom. The summed E-state index contributed by atoms with van der Waals surface area (Å²) in [5, 5.41) is 0. The molecule has 0 aromatic carbocycles. The average molecular weight is 264 g/mol. The Bertz CT molecular complexity index is 315. The van der Waals surface area contributed by atoms with Crippen molar-refractivity contribution in [3.8, 4) is 0 Å². The lowest BCUT2D eigenvalue weighted by Crippen LogP contribution is -2.34. The first-order valence-corrected chi connectivity index (χ1v) is 6.30. The third-order valence-electron chi connectivity index (χ3n) is 3.40. The fourth-order valence-corrected chi connectivity index (χ4v) is 2.30. The maximum absolute atomic E-state index is 12.3. The van der Waals surface area contributed by atoms with E-state index in [0.29, 0.717) is 19.3 Å². The van der Waals surface area contributed by atoms with Crippen LogP contribution >= 0.6 is 0 Å². The number of halogens is 3. The van der Waals surface area contributed by atoms with Gasteiger partial charge >= 0.3 is 12.1 Å². The number of rotatable bonds is 5. The third kappa shape index (κ3) is 3.75. The minimum atomic E-state index is -4.71. The molecule has 1 fully saturated rings. The SMILES string of the molecule is C=C(C(=O)OC1(CCCC)CCCC1)C(F)(F)F. The van der Waals surface area contributed by atoms with Crippen molar-refractivity contribution in [2.24, 2.45) is 0 Å². The van der Waals surface area contributed by atoms with Crippen LogP contribution < -0.4 is 0 Å². The molecule has 1 aliphatic rings. The van der Waals surface area contributed by atoms with E-state index in [4.69, 9.17) is 4.74 Å². The van der Waals surface area contributed by atoms with Crippen molar-refractivity contribution in [3.63, 3.8) is 0 Å². The average Bonchev–Trinajstić information content (AvgIpc) is 2.73. The van der Waals surface area contributed by atoms with E-state index in [2.05, 4.69) is 6.58 Å². The number of hydrogen-bond acceptors (Lipinski definition) is 2. The summed E-state index contributed by atoms with van der Waals surface area (Å²) in [5.74, 6) is -1.32. The van der Waals surface area contributed by atoms with Gasteiger partial charge in [-0.2, -0.15) is 13.2 Å². The molecule has 0 bridgehead atoms. The third-order valence-corrected chi connectivity index (χ3v) is 3.40. The predicted molar refractivity (Wildman–Crippen MR) is 62.0 cm³/mol. The molecule has 0 atom stereocenters. The maximum Gasteiger partial charge on any atom is 0.422 e. The lowest BCUT2D eigenvalue weighted by molar-refractivity contribution is -0.165. The summed E-state index contributed by atoms with van der Waals surface area (Å²) in [6, 6.07) is 0. The van der Waals surface area contributed by atoms with Crippen LogP contribution in [0.3, 0.4) is 0 Å². The topological polar surface area (TPSA) is 26.3 Å². The van der Waals surface area contributed by atoms with Gasteiger partial charge in [0.15, 0.2) is 0 Å². The van der Waals surface area contributed by atoms with Crippen LogP contribution in [0.5, 0.6) is 0 Å². The number of carbonyl (C=O) groups is 1. The molecule has 2 nitrogen and oxygen atoms in total. The summed E-state index contributed by atoms with van der Waals surface area (Å²) >= 11 is 0. The van der Waals surface area contributed by atoms with E-state index in [1.807, 2.05) is 6.92 Å². The zero-order valence-electron chi connectivity index (χ0n) is 10.6. The van der Waals surface area contributed by atoms with Gasteiger partial charge in [0.25, 0.3) is 0 Å². The van der Waals surface area contributed by atoms with E-state index < -0.39 is 23.3 Å². The predicted octanol–water partition coefficient (Wildman–Crippen LogP) is 4.15. The normalized spacial score (nSPS) is 18.7. The number of carbonyl (C=O) groups excluding carboxylic acids is 1. The van der Waals surface area contributed by atoms with Crippen LogP contribution in [-0.4, -0.2) is 17.7 Å². The number of alkyl halides is 3. The highest BCUT2D eigenvalue weighted by Crippen LogP contribution is 2.39. The highest BCUT2D eigenvalue weighted by molar-refractivity contribution is 5.89. The molecule has 1 rings (SSSR count). The van der Waals surface area contributed by atoms with Gasteiger partial charge < -0.3 is 4.74 Å². The zero-order chi connectivity index (χ0) is 13.8. The minimum absolute atomic E-state index is 0.639. The fraction of sp³-hybridized carbons (Fsp3) is 0.769. The lowest BCUT2D eigenvalue weighted by atomic mass is 9.94. The van der Waals surface area contributed by atoms with Crippen LogP contribution in [0.25, 0.3) is 0 Å². The molecule has 0 amide bonds. The minimum Gasteiger partial charge on any atom is -0.455 e. The molecule has 0 aliphatic heterocycles. The molecule has 1 saturated carbocycles. The number of ether oxygens (including phenoxy) is 1. The number of hydrogen-bond donors (Lipinski definition) is 0. The van der Waals surface area contributed by atoms with Gasteiger partial charge in [-0.1, -0.05) is 19.9 Å². The van der Waals surface area contributed by atoms with Crippen molar-refractivity contribution < 1.29 is 22.7 Å². The lowest BCUT2D eigenvalue weighted by Gasteiger charge is -2.29. The van der Waals surface area contributed by atoms with Gasteiger partial charge in [-0.15, -0.1) is 0 Å². The van der Waals surface area contributed by atoms with Crippen LogP contribution in [0.2, 0.25) is 0 Å². The standard InChI is InChI=1S/C13H19F3O2/c1-3-4-7-12(8-5-6-9-12)18-11(17)10(2)13(14,15)16/h2-9H2,1H3. The molecular formula is C13H19F3O2. The molecule has 0 saturated heterocycles. The molecule has 0 heterocycles. The second-order valence-corrected chi connectivity index (χ2v) is 4.86. The van der Waals surface area contributed by atoms with Gasteiger partial charge in [-0.25, -0.2) is 4.79 Å². The van der Waals surface area contributed by atoms with E-state index in [-0.39, 0.29) is 0 Å². The molecular weight excluding hydrogens is 245 g/mol. The summed E-state index contributed by atoms with van der Waals surface area (Å²) in [7, 11) is 0. The van der Waals surface area contributed by atoms with Crippen molar-refractivity contribution >= 4 is 5.97 Å². The van der Waals surface area contributed by atoms with E-state index in [1.54, 1.807) is 0 Å². The Hall–Kier alpha value is -1.00. The zero-order valence-corrected chi connectivity index (χ0v) is 10.6. The van der Waals surface area contributed by atoms with Gasteiger partial charge in [0, 0.05) is 0 Å². The largest absolute Gasteiger partial charge is 0.455 e. The van der Waals surface area contributed by atoms with Crippen LogP contribution in [-0.2, 0) is 9.53 Å². The van der Waals surface area contributed by atoms with Crippen molar-refractivity contribution in [3.05, 3.63) is 12.2 Å². The molecule has 0 aromatic heterocycles. The molecule has 0 radical (unpaired) electrons. The summed E-state index contributed by atoms with van der Waals surface area (Å²) in [6.07, 6.45) is 0.825. The quantitative estimate of drug-likeness (QED) is 0.550. The summed E-state index contributed by atoms with van der Waals surface area (Å²) in [6.45, 7) is 4.78. The second kappa shape index (κ2) is 5.76. The van der Waals surface area contributed by atoms with Crippen molar-refractivity contribution in [2.45, 2.75) is 63.6 Å². The highest BCUT2D eigenvalue weighted by atomic mass is 19.4. The van der Waals surface area contributed by atoms with Crippen molar-refractivity contribution in [2.75, 3.05) is 0 Å². The molecule has 0 N–H and O–H groups in total. The molecule has 18 heavy (non-hydrogen) atoms. The van der Waals surface area contributed by atoms with Gasteiger partial charge in [-0.3, -0.25) is 0 Å². The molecule has 5 heteroatoms. The summed E-state index contributed by atoms with van der Waals surface area (Å²) in [4.78, 5) is 11.5. The van der Waals surface area contributed by atoms with E-state index in [9.17, 15) is 18.0 Å². The Kier molecular flexibility index (Phi) is 4.82. The van der Waals surface area contributed by atoms with E-state index >= 15 is 0 Å². The van der Waals surface area contributed by atoms with Gasteiger partial charge in [0.2, 0.25) is 0 Å². The fourth-order valence-electron chi connectivity index (χ4n) is 2.30.